The van der Waals surface area contributed by atoms with Gasteiger partial charge in [-0.25, -0.2) is 4.79 Å². The molecule has 1 amide bonds. The standard InChI is InChI=1S/C32H32N4O5S/c1-32(2,3)30(38)34-22-14-13-19(18-26(22)39-4)36-28(27(35-31(36)42)23-12-8-9-17-33-23)25-16-15-24(41-25)20-10-6-7-11-21(20)29(37)40-5/h6-18,27-28H,1-5H3,(H,34,38)(H,35,42)/t27-,28+/m0/s1. The SMILES string of the molecule is COC(=O)c1ccccc1-c1ccc([C@@H]2[C@H](c3ccccn3)NC(=S)N2c2ccc(NC(=O)C(C)(C)C)c(OC)c2)o1. The van der Waals surface area contributed by atoms with Crippen molar-refractivity contribution in [1.82, 2.24) is 10.3 Å². The third kappa shape index (κ3) is 5.58. The van der Waals surface area contributed by atoms with E-state index in [0.29, 0.717) is 39.2 Å². The highest BCUT2D eigenvalue weighted by Gasteiger charge is 2.43. The van der Waals surface area contributed by atoms with Crippen LogP contribution in [0.2, 0.25) is 0 Å². The van der Waals surface area contributed by atoms with Crippen LogP contribution in [-0.4, -0.2) is 36.2 Å². The first-order chi connectivity index (χ1) is 20.1. The van der Waals surface area contributed by atoms with E-state index in [4.69, 9.17) is 26.1 Å². The van der Waals surface area contributed by atoms with Gasteiger partial charge < -0.3 is 29.4 Å². The highest BCUT2D eigenvalue weighted by atomic mass is 32.1. The molecule has 0 aliphatic carbocycles. The zero-order chi connectivity index (χ0) is 30.0. The molecule has 216 valence electrons. The van der Waals surface area contributed by atoms with E-state index in [1.807, 2.05) is 80.3 Å². The van der Waals surface area contributed by atoms with Crippen molar-refractivity contribution in [3.8, 4) is 17.1 Å². The van der Waals surface area contributed by atoms with Gasteiger partial charge in [-0.1, -0.05) is 45.0 Å². The Hall–Kier alpha value is -4.70. The quantitative estimate of drug-likeness (QED) is 0.191. The minimum Gasteiger partial charge on any atom is -0.494 e. The fourth-order valence-corrected chi connectivity index (χ4v) is 5.15. The van der Waals surface area contributed by atoms with Crippen LogP contribution in [0.3, 0.4) is 0 Å². The second kappa shape index (κ2) is 11.7. The van der Waals surface area contributed by atoms with Crippen LogP contribution in [0.4, 0.5) is 11.4 Å². The Labute approximate surface area is 249 Å². The van der Waals surface area contributed by atoms with Crippen LogP contribution in [0.5, 0.6) is 5.75 Å². The highest BCUT2D eigenvalue weighted by molar-refractivity contribution is 7.80. The summed E-state index contributed by atoms with van der Waals surface area (Å²) >= 11 is 5.85. The summed E-state index contributed by atoms with van der Waals surface area (Å²) in [6.45, 7) is 5.54. The number of pyridine rings is 1. The Morgan fingerprint density at radius 1 is 1.02 bits per heavy atom. The molecular formula is C32H32N4O5S. The van der Waals surface area contributed by atoms with Gasteiger partial charge in [0.15, 0.2) is 5.11 Å². The molecule has 1 saturated heterocycles. The number of thiocarbonyl (C=S) groups is 1. The average molecular weight is 585 g/mol. The number of rotatable bonds is 7. The molecule has 2 atom stereocenters. The Balaban J connectivity index is 1.58. The zero-order valence-electron chi connectivity index (χ0n) is 24.0. The van der Waals surface area contributed by atoms with Gasteiger partial charge in [-0.05, 0) is 54.7 Å². The molecule has 1 fully saturated rings. The second-order valence-corrected chi connectivity index (χ2v) is 11.2. The summed E-state index contributed by atoms with van der Waals surface area (Å²) in [4.78, 5) is 31.7. The Kier molecular flexibility index (Phi) is 8.00. The number of benzene rings is 2. The van der Waals surface area contributed by atoms with Crippen LogP contribution in [0.1, 0.15) is 54.7 Å². The van der Waals surface area contributed by atoms with Crippen LogP contribution >= 0.6 is 12.2 Å². The molecule has 2 aromatic carbocycles. The predicted octanol–water partition coefficient (Wildman–Crippen LogP) is 6.30. The van der Waals surface area contributed by atoms with Crippen molar-refractivity contribution in [3.63, 3.8) is 0 Å². The van der Waals surface area contributed by atoms with E-state index in [2.05, 4.69) is 15.6 Å². The molecule has 0 saturated carbocycles. The van der Waals surface area contributed by atoms with Crippen LogP contribution < -0.4 is 20.3 Å². The van der Waals surface area contributed by atoms with Gasteiger partial charge in [0, 0.05) is 28.9 Å². The number of hydrogen-bond acceptors (Lipinski definition) is 7. The van der Waals surface area contributed by atoms with Crippen LogP contribution in [-0.2, 0) is 9.53 Å². The van der Waals surface area contributed by atoms with E-state index in [1.54, 1.807) is 31.5 Å². The molecule has 0 radical (unpaired) electrons. The molecule has 1 aliphatic rings. The predicted molar refractivity (Wildman–Crippen MR) is 164 cm³/mol. The van der Waals surface area contributed by atoms with Gasteiger partial charge in [-0.2, -0.15) is 0 Å². The monoisotopic (exact) mass is 584 g/mol. The molecule has 0 bridgehead atoms. The third-order valence-electron chi connectivity index (χ3n) is 7.01. The van der Waals surface area contributed by atoms with Crippen LogP contribution in [0.15, 0.2) is 83.4 Å². The molecule has 2 aromatic heterocycles. The topological polar surface area (TPSA) is 106 Å². The Morgan fingerprint density at radius 2 is 1.79 bits per heavy atom. The number of anilines is 2. The van der Waals surface area contributed by atoms with E-state index in [0.717, 1.165) is 11.4 Å². The minimum atomic E-state index is -0.575. The van der Waals surface area contributed by atoms with E-state index in [-0.39, 0.29) is 11.9 Å². The number of carbonyl (C=O) groups is 2. The van der Waals surface area contributed by atoms with E-state index >= 15 is 0 Å². The van der Waals surface area contributed by atoms with Crippen molar-refractivity contribution in [1.29, 1.82) is 0 Å². The number of furan rings is 1. The van der Waals surface area contributed by atoms with E-state index in [1.165, 1.54) is 7.11 Å². The number of ether oxygens (including phenoxy) is 2. The molecule has 5 rings (SSSR count). The number of nitrogens with zero attached hydrogens (tertiary/aromatic N) is 2. The first-order valence-electron chi connectivity index (χ1n) is 13.4. The number of methoxy groups -OCH3 is 2. The van der Waals surface area contributed by atoms with Crippen molar-refractivity contribution < 1.29 is 23.5 Å². The third-order valence-corrected chi connectivity index (χ3v) is 7.32. The fourth-order valence-electron chi connectivity index (χ4n) is 4.81. The molecule has 0 spiro atoms. The Morgan fingerprint density at radius 3 is 2.48 bits per heavy atom. The number of amides is 1. The maximum Gasteiger partial charge on any atom is 0.338 e. The number of carbonyl (C=O) groups excluding carboxylic acids is 2. The highest BCUT2D eigenvalue weighted by Crippen LogP contribution is 2.44. The fraction of sp³-hybridized carbons (Fsp3) is 0.250. The van der Waals surface area contributed by atoms with Crippen molar-refractivity contribution in [3.05, 3.63) is 96.0 Å². The lowest BCUT2D eigenvalue weighted by Gasteiger charge is -2.27. The summed E-state index contributed by atoms with van der Waals surface area (Å²) in [5.41, 5.74) is 2.50. The van der Waals surface area contributed by atoms with Gasteiger partial charge in [0.05, 0.1) is 37.2 Å². The minimum absolute atomic E-state index is 0.129. The van der Waals surface area contributed by atoms with Gasteiger partial charge in [0.1, 0.15) is 23.3 Å². The zero-order valence-corrected chi connectivity index (χ0v) is 24.8. The molecule has 2 N–H and O–H groups in total. The summed E-state index contributed by atoms with van der Waals surface area (Å²) in [6, 6.07) is 21.3. The number of aromatic nitrogens is 1. The van der Waals surface area contributed by atoms with Gasteiger partial charge in [0.25, 0.3) is 0 Å². The van der Waals surface area contributed by atoms with Gasteiger partial charge in [-0.3, -0.25) is 9.78 Å². The lowest BCUT2D eigenvalue weighted by atomic mass is 9.95. The van der Waals surface area contributed by atoms with Crippen LogP contribution in [0, 0.1) is 5.41 Å². The summed E-state index contributed by atoms with van der Waals surface area (Å²) in [7, 11) is 2.90. The summed E-state index contributed by atoms with van der Waals surface area (Å²) in [5, 5.41) is 6.83. The summed E-state index contributed by atoms with van der Waals surface area (Å²) in [6.07, 6.45) is 1.73. The molecule has 1 aliphatic heterocycles. The normalized spacial score (nSPS) is 16.6. The van der Waals surface area contributed by atoms with Gasteiger partial charge in [0.2, 0.25) is 5.91 Å². The number of hydrogen-bond donors (Lipinski definition) is 2. The molecular weight excluding hydrogens is 552 g/mol. The van der Waals surface area contributed by atoms with Crippen molar-refractivity contribution in [2.75, 3.05) is 24.4 Å². The maximum absolute atomic E-state index is 12.7. The smallest absolute Gasteiger partial charge is 0.338 e. The van der Waals surface area contributed by atoms with Crippen molar-refractivity contribution >= 4 is 40.6 Å². The second-order valence-electron chi connectivity index (χ2n) is 10.8. The summed E-state index contributed by atoms with van der Waals surface area (Å²) < 4.78 is 17.1. The molecule has 0 unspecified atom stereocenters. The number of esters is 1. The first-order valence-corrected chi connectivity index (χ1v) is 13.8. The molecule has 42 heavy (non-hydrogen) atoms. The van der Waals surface area contributed by atoms with Crippen molar-refractivity contribution in [2.24, 2.45) is 5.41 Å². The summed E-state index contributed by atoms with van der Waals surface area (Å²) in [5.74, 6) is 1.03. The van der Waals surface area contributed by atoms with E-state index < -0.39 is 17.4 Å². The molecule has 3 heterocycles. The van der Waals surface area contributed by atoms with Gasteiger partial charge >= 0.3 is 5.97 Å². The lowest BCUT2D eigenvalue weighted by molar-refractivity contribution is -0.123. The largest absolute Gasteiger partial charge is 0.494 e. The average Bonchev–Trinajstić information content (AvgIpc) is 3.61. The molecule has 9 nitrogen and oxygen atoms in total. The molecule has 4 aromatic rings. The van der Waals surface area contributed by atoms with Crippen LogP contribution in [0.25, 0.3) is 11.3 Å². The lowest BCUT2D eigenvalue weighted by Crippen LogP contribution is -2.30. The Bertz CT molecular complexity index is 1630. The van der Waals surface area contributed by atoms with Gasteiger partial charge in [-0.15, -0.1) is 0 Å². The maximum atomic E-state index is 12.7. The van der Waals surface area contributed by atoms with E-state index in [9.17, 15) is 9.59 Å². The van der Waals surface area contributed by atoms with Crippen molar-refractivity contribution in [2.45, 2.75) is 32.9 Å². The molecule has 10 heteroatoms. The number of nitrogens with one attached hydrogen (secondary N) is 2. The first kappa shape index (κ1) is 28.8.